The summed E-state index contributed by atoms with van der Waals surface area (Å²) in [5.41, 5.74) is 0.209. The SMILES string of the molecule is C[C@@H]1CN(C(=O)[C@@H]2[C@@H]3CC[C@]4(CC(=O)c5ccccc5O4)[C@@H]32)C[C@@H](C)O1. The lowest BCUT2D eigenvalue weighted by atomic mass is 9.84. The Hall–Kier alpha value is -1.88. The van der Waals surface area contributed by atoms with Gasteiger partial charge in [-0.15, -0.1) is 0 Å². The predicted molar refractivity (Wildman–Crippen MR) is 95.0 cm³/mol. The summed E-state index contributed by atoms with van der Waals surface area (Å²) in [6.07, 6.45) is 2.42. The summed E-state index contributed by atoms with van der Waals surface area (Å²) in [6, 6.07) is 7.50. The van der Waals surface area contributed by atoms with Gasteiger partial charge in [-0.05, 0) is 44.7 Å². The van der Waals surface area contributed by atoms with Crippen LogP contribution in [0.5, 0.6) is 5.75 Å². The highest BCUT2D eigenvalue weighted by Gasteiger charge is 2.71. The zero-order valence-electron chi connectivity index (χ0n) is 15.3. The summed E-state index contributed by atoms with van der Waals surface area (Å²) in [7, 11) is 0. The first-order valence-corrected chi connectivity index (χ1v) is 9.74. The third-order valence-electron chi connectivity index (χ3n) is 6.65. The minimum Gasteiger partial charge on any atom is -0.486 e. The molecule has 4 aliphatic rings. The summed E-state index contributed by atoms with van der Waals surface area (Å²) < 4.78 is 12.2. The molecule has 26 heavy (non-hydrogen) atoms. The number of carbonyl (C=O) groups excluding carboxylic acids is 2. The summed E-state index contributed by atoms with van der Waals surface area (Å²) in [4.78, 5) is 27.8. The number of rotatable bonds is 1. The van der Waals surface area contributed by atoms with Crippen LogP contribution >= 0.6 is 0 Å². The number of ether oxygens (including phenoxy) is 2. The van der Waals surface area contributed by atoms with Crippen LogP contribution in [0.2, 0.25) is 0 Å². The second kappa shape index (κ2) is 5.56. The molecule has 1 spiro atoms. The monoisotopic (exact) mass is 355 g/mol. The molecule has 3 fully saturated rings. The molecule has 1 saturated heterocycles. The van der Waals surface area contributed by atoms with Crippen LogP contribution in [0, 0.1) is 17.8 Å². The number of benzene rings is 1. The smallest absolute Gasteiger partial charge is 0.226 e. The molecule has 1 aromatic rings. The molecule has 5 rings (SSSR count). The van der Waals surface area contributed by atoms with E-state index in [1.807, 2.05) is 43.0 Å². The maximum absolute atomic E-state index is 13.1. The summed E-state index contributed by atoms with van der Waals surface area (Å²) in [5, 5.41) is 0. The van der Waals surface area contributed by atoms with Gasteiger partial charge in [0.05, 0.1) is 24.2 Å². The number of morpholine rings is 1. The van der Waals surface area contributed by atoms with Gasteiger partial charge in [-0.3, -0.25) is 9.59 Å². The molecule has 138 valence electrons. The number of hydrogen-bond acceptors (Lipinski definition) is 4. The number of amides is 1. The molecule has 2 aliphatic carbocycles. The van der Waals surface area contributed by atoms with Crippen molar-refractivity contribution in [1.29, 1.82) is 0 Å². The van der Waals surface area contributed by atoms with Crippen molar-refractivity contribution < 1.29 is 19.1 Å². The lowest BCUT2D eigenvalue weighted by Crippen LogP contribution is -2.50. The van der Waals surface area contributed by atoms with Gasteiger partial charge in [-0.25, -0.2) is 0 Å². The molecule has 0 aromatic heterocycles. The van der Waals surface area contributed by atoms with Crippen LogP contribution in [-0.4, -0.2) is 47.5 Å². The fourth-order valence-electron chi connectivity index (χ4n) is 5.67. The lowest BCUT2D eigenvalue weighted by molar-refractivity contribution is -0.146. The van der Waals surface area contributed by atoms with Crippen molar-refractivity contribution in [2.45, 2.75) is 50.9 Å². The topological polar surface area (TPSA) is 55.8 Å². The van der Waals surface area contributed by atoms with E-state index in [0.29, 0.717) is 36.7 Å². The molecule has 1 aromatic carbocycles. The molecule has 0 bridgehead atoms. The normalized spacial score (nSPS) is 40.8. The molecule has 5 nitrogen and oxygen atoms in total. The Morgan fingerprint density at radius 2 is 1.92 bits per heavy atom. The van der Waals surface area contributed by atoms with Crippen molar-refractivity contribution in [1.82, 2.24) is 4.90 Å². The van der Waals surface area contributed by atoms with Gasteiger partial charge in [-0.2, -0.15) is 0 Å². The first-order chi connectivity index (χ1) is 12.5. The Morgan fingerprint density at radius 3 is 2.69 bits per heavy atom. The summed E-state index contributed by atoms with van der Waals surface area (Å²) in [5.74, 6) is 1.64. The van der Waals surface area contributed by atoms with E-state index in [0.717, 1.165) is 12.8 Å². The highest BCUT2D eigenvalue weighted by atomic mass is 16.5. The number of fused-ring (bicyclic) bond motifs is 3. The quantitative estimate of drug-likeness (QED) is 0.777. The van der Waals surface area contributed by atoms with Crippen LogP contribution in [0.3, 0.4) is 0 Å². The van der Waals surface area contributed by atoms with Crippen LogP contribution < -0.4 is 4.74 Å². The van der Waals surface area contributed by atoms with Gasteiger partial charge in [0.1, 0.15) is 11.4 Å². The van der Waals surface area contributed by atoms with Gasteiger partial charge in [0.2, 0.25) is 5.91 Å². The Balaban J connectivity index is 1.37. The first-order valence-electron chi connectivity index (χ1n) is 9.74. The largest absolute Gasteiger partial charge is 0.486 e. The van der Waals surface area contributed by atoms with E-state index < -0.39 is 5.60 Å². The molecule has 0 N–H and O–H groups in total. The molecule has 1 amide bonds. The standard InChI is InChI=1S/C21H25NO4/c1-12-10-22(11-13(2)25-12)20(24)18-15-7-8-21(19(15)18)9-16(23)14-5-3-4-6-17(14)26-21/h3-6,12-13,15,18-19H,7-11H2,1-2H3/t12-,13-,15+,18-,19+,21+/m1/s1. The zero-order valence-corrected chi connectivity index (χ0v) is 15.3. The number of Topliss-reactive ketones (excluding diaryl/α,β-unsaturated/α-hetero) is 1. The predicted octanol–water partition coefficient (Wildman–Crippen LogP) is 2.68. The van der Waals surface area contributed by atoms with Crippen molar-refractivity contribution in [3.8, 4) is 5.75 Å². The van der Waals surface area contributed by atoms with Gasteiger partial charge in [0, 0.05) is 24.9 Å². The van der Waals surface area contributed by atoms with Gasteiger partial charge >= 0.3 is 0 Å². The molecule has 0 unspecified atom stereocenters. The fourth-order valence-corrected chi connectivity index (χ4v) is 5.67. The molecule has 0 radical (unpaired) electrons. The molecule has 2 aliphatic heterocycles. The molecular formula is C21H25NO4. The van der Waals surface area contributed by atoms with E-state index in [2.05, 4.69) is 0 Å². The summed E-state index contributed by atoms with van der Waals surface area (Å²) >= 11 is 0. The van der Waals surface area contributed by atoms with Crippen molar-refractivity contribution in [3.63, 3.8) is 0 Å². The van der Waals surface area contributed by atoms with Crippen LogP contribution in [0.1, 0.15) is 43.5 Å². The van der Waals surface area contributed by atoms with E-state index >= 15 is 0 Å². The van der Waals surface area contributed by atoms with E-state index in [-0.39, 0.29) is 35.7 Å². The number of nitrogens with zero attached hydrogens (tertiary/aromatic N) is 1. The highest BCUT2D eigenvalue weighted by molar-refractivity contribution is 6.00. The van der Waals surface area contributed by atoms with Gasteiger partial charge < -0.3 is 14.4 Å². The van der Waals surface area contributed by atoms with E-state index in [4.69, 9.17) is 9.47 Å². The number of carbonyl (C=O) groups is 2. The van der Waals surface area contributed by atoms with E-state index in [9.17, 15) is 9.59 Å². The highest BCUT2D eigenvalue weighted by Crippen LogP contribution is 2.66. The van der Waals surface area contributed by atoms with Crippen LogP contribution in [-0.2, 0) is 9.53 Å². The zero-order chi connectivity index (χ0) is 18.1. The minimum absolute atomic E-state index is 0.0133. The third kappa shape index (κ3) is 2.33. The molecule has 2 saturated carbocycles. The maximum Gasteiger partial charge on any atom is 0.226 e. The van der Waals surface area contributed by atoms with Gasteiger partial charge in [-0.1, -0.05) is 12.1 Å². The van der Waals surface area contributed by atoms with E-state index in [1.54, 1.807) is 0 Å². The minimum atomic E-state index is -0.472. The maximum atomic E-state index is 13.1. The van der Waals surface area contributed by atoms with Gasteiger partial charge in [0.15, 0.2) is 5.78 Å². The van der Waals surface area contributed by atoms with Crippen LogP contribution in [0.15, 0.2) is 24.3 Å². The van der Waals surface area contributed by atoms with Crippen molar-refractivity contribution in [2.24, 2.45) is 17.8 Å². The van der Waals surface area contributed by atoms with Gasteiger partial charge in [0.25, 0.3) is 0 Å². The lowest BCUT2D eigenvalue weighted by Gasteiger charge is -2.38. The number of para-hydroxylation sites is 1. The first kappa shape index (κ1) is 16.3. The Morgan fingerprint density at radius 1 is 1.19 bits per heavy atom. The van der Waals surface area contributed by atoms with Crippen molar-refractivity contribution in [3.05, 3.63) is 29.8 Å². The fraction of sp³-hybridized carbons (Fsp3) is 0.619. The van der Waals surface area contributed by atoms with Crippen molar-refractivity contribution in [2.75, 3.05) is 13.1 Å². The van der Waals surface area contributed by atoms with Crippen LogP contribution in [0.25, 0.3) is 0 Å². The Kier molecular flexibility index (Phi) is 3.48. The molecular weight excluding hydrogens is 330 g/mol. The van der Waals surface area contributed by atoms with E-state index in [1.165, 1.54) is 0 Å². The van der Waals surface area contributed by atoms with Crippen LogP contribution in [0.4, 0.5) is 0 Å². The molecule has 6 atom stereocenters. The average Bonchev–Trinajstić information content (AvgIpc) is 3.24. The molecule has 2 heterocycles. The molecule has 5 heteroatoms. The Bertz CT molecular complexity index is 767. The second-order valence-electron chi connectivity index (χ2n) is 8.52. The summed E-state index contributed by atoms with van der Waals surface area (Å²) in [6.45, 7) is 5.36. The van der Waals surface area contributed by atoms with Crippen molar-refractivity contribution >= 4 is 11.7 Å². The second-order valence-corrected chi connectivity index (χ2v) is 8.52. The average molecular weight is 355 g/mol. The number of ketones is 1. The number of hydrogen-bond donors (Lipinski definition) is 0. The Labute approximate surface area is 153 Å². The third-order valence-corrected chi connectivity index (χ3v) is 6.65.